The summed E-state index contributed by atoms with van der Waals surface area (Å²) in [5, 5.41) is 2.93. The summed E-state index contributed by atoms with van der Waals surface area (Å²) in [7, 11) is -2.10. The molecule has 33 heavy (non-hydrogen) atoms. The van der Waals surface area contributed by atoms with Crippen molar-refractivity contribution in [1.29, 1.82) is 0 Å². The van der Waals surface area contributed by atoms with Crippen LogP contribution in [0.4, 0.5) is 0 Å². The molecule has 2 aromatic carbocycles. The zero-order valence-corrected chi connectivity index (χ0v) is 20.2. The van der Waals surface area contributed by atoms with E-state index < -0.39 is 10.0 Å². The van der Waals surface area contributed by atoms with Gasteiger partial charge in [-0.15, -0.1) is 0 Å². The molecule has 0 aromatic heterocycles. The molecule has 1 amide bonds. The average molecular weight is 477 g/mol. The number of carbonyl (C=O) groups excluding carboxylic acids is 1. The van der Waals surface area contributed by atoms with Crippen LogP contribution < -0.4 is 14.8 Å². The highest BCUT2D eigenvalue weighted by Crippen LogP contribution is 2.26. The molecule has 1 unspecified atom stereocenters. The molecule has 0 saturated carbocycles. The lowest BCUT2D eigenvalue weighted by Gasteiger charge is -2.26. The van der Waals surface area contributed by atoms with Crippen LogP contribution in [0.25, 0.3) is 0 Å². The molecule has 1 saturated heterocycles. The van der Waals surface area contributed by atoms with Crippen molar-refractivity contribution in [2.45, 2.75) is 37.6 Å². The molecule has 1 aliphatic heterocycles. The van der Waals surface area contributed by atoms with Crippen LogP contribution >= 0.6 is 0 Å². The van der Waals surface area contributed by atoms with Crippen molar-refractivity contribution in [2.24, 2.45) is 0 Å². The van der Waals surface area contributed by atoms with Gasteiger partial charge in [0.25, 0.3) is 0 Å². The molecule has 0 aliphatic carbocycles. The summed E-state index contributed by atoms with van der Waals surface area (Å²) in [6, 6.07) is 12.3. The van der Waals surface area contributed by atoms with Gasteiger partial charge in [-0.2, -0.15) is 4.31 Å². The van der Waals surface area contributed by atoms with E-state index in [1.54, 1.807) is 12.1 Å². The average Bonchev–Trinajstić information content (AvgIpc) is 2.82. The molecule has 0 bridgehead atoms. The molecule has 180 valence electrons. The number of benzene rings is 2. The van der Waals surface area contributed by atoms with Crippen LogP contribution in [0.2, 0.25) is 0 Å². The molecular formula is C24H32N2O6S. The largest absolute Gasteiger partial charge is 0.496 e. The maximum atomic E-state index is 13.0. The second kappa shape index (κ2) is 11.5. The number of hydrogen-bond acceptors (Lipinski definition) is 6. The number of hydrogen-bond donors (Lipinski definition) is 1. The number of nitrogens with zero attached hydrogens (tertiary/aromatic N) is 1. The third kappa shape index (κ3) is 6.69. The summed E-state index contributed by atoms with van der Waals surface area (Å²) in [5.74, 6) is 1.21. The summed E-state index contributed by atoms with van der Waals surface area (Å²) in [4.78, 5) is 12.7. The van der Waals surface area contributed by atoms with Gasteiger partial charge in [-0.25, -0.2) is 8.42 Å². The lowest BCUT2D eigenvalue weighted by Crippen LogP contribution is -2.40. The van der Waals surface area contributed by atoms with Crippen molar-refractivity contribution in [3.63, 3.8) is 0 Å². The lowest BCUT2D eigenvalue weighted by atomic mass is 10.1. The molecule has 0 spiro atoms. The molecule has 1 fully saturated rings. The summed E-state index contributed by atoms with van der Waals surface area (Å²) >= 11 is 0. The van der Waals surface area contributed by atoms with Crippen LogP contribution in [0.3, 0.4) is 0 Å². The Morgan fingerprint density at radius 3 is 2.58 bits per heavy atom. The van der Waals surface area contributed by atoms with Gasteiger partial charge in [0.1, 0.15) is 18.1 Å². The Morgan fingerprint density at radius 2 is 1.88 bits per heavy atom. The molecule has 1 N–H and O–H groups in total. The molecule has 1 atom stereocenters. The highest BCUT2D eigenvalue weighted by molar-refractivity contribution is 7.89. The van der Waals surface area contributed by atoms with Gasteiger partial charge in [0.05, 0.1) is 31.3 Å². The topological polar surface area (TPSA) is 94.2 Å². The smallest absolute Gasteiger partial charge is 0.243 e. The number of aryl methyl sites for hydroxylation is 2. The predicted octanol–water partition coefficient (Wildman–Crippen LogP) is 2.54. The van der Waals surface area contributed by atoms with E-state index in [9.17, 15) is 13.2 Å². The van der Waals surface area contributed by atoms with Gasteiger partial charge in [0, 0.05) is 19.5 Å². The van der Waals surface area contributed by atoms with E-state index >= 15 is 0 Å². The number of methoxy groups -OCH3 is 1. The van der Waals surface area contributed by atoms with E-state index in [1.807, 2.05) is 38.1 Å². The van der Waals surface area contributed by atoms with Crippen molar-refractivity contribution in [2.75, 3.05) is 40.0 Å². The quantitative estimate of drug-likeness (QED) is 0.566. The summed E-state index contributed by atoms with van der Waals surface area (Å²) in [5.41, 5.74) is 1.71. The summed E-state index contributed by atoms with van der Waals surface area (Å²) in [6.45, 7) is 5.63. The van der Waals surface area contributed by atoms with E-state index in [-0.39, 0.29) is 23.3 Å². The van der Waals surface area contributed by atoms with Gasteiger partial charge >= 0.3 is 0 Å². The fourth-order valence-corrected chi connectivity index (χ4v) is 5.08. The zero-order chi connectivity index (χ0) is 23.8. The van der Waals surface area contributed by atoms with Crippen molar-refractivity contribution in [3.05, 3.63) is 53.6 Å². The zero-order valence-electron chi connectivity index (χ0n) is 19.4. The van der Waals surface area contributed by atoms with Crippen molar-refractivity contribution < 1.29 is 27.4 Å². The fraction of sp³-hybridized carbons (Fsp3) is 0.458. The van der Waals surface area contributed by atoms with E-state index in [4.69, 9.17) is 14.2 Å². The standard InChI is InChI=1S/C24H32N2O6S/c1-18-6-4-5-7-22(18)32-17-19(2)25-24(27)11-8-20-16-21(9-10-23(20)30-3)33(28,29)26-12-14-31-15-13-26/h4-7,9-10,16,19H,8,11-15,17H2,1-3H3,(H,25,27). The molecule has 8 nitrogen and oxygen atoms in total. The van der Waals surface area contributed by atoms with E-state index in [0.717, 1.165) is 11.3 Å². The Balaban J connectivity index is 1.58. The molecule has 2 aromatic rings. The summed E-state index contributed by atoms with van der Waals surface area (Å²) in [6.07, 6.45) is 0.555. The van der Waals surface area contributed by atoms with Gasteiger partial charge in [0.2, 0.25) is 15.9 Å². The third-order valence-corrected chi connectivity index (χ3v) is 7.37. The Hall–Kier alpha value is -2.62. The van der Waals surface area contributed by atoms with Gasteiger partial charge in [0.15, 0.2) is 0 Å². The minimum atomic E-state index is -3.62. The second-order valence-corrected chi connectivity index (χ2v) is 9.97. The minimum absolute atomic E-state index is 0.139. The van der Waals surface area contributed by atoms with Gasteiger partial charge in [-0.1, -0.05) is 18.2 Å². The Morgan fingerprint density at radius 1 is 1.15 bits per heavy atom. The summed E-state index contributed by atoms with van der Waals surface area (Å²) < 4.78 is 43.8. The maximum absolute atomic E-state index is 13.0. The van der Waals surface area contributed by atoms with E-state index in [0.29, 0.717) is 50.6 Å². The first kappa shape index (κ1) is 25.0. The van der Waals surface area contributed by atoms with E-state index in [2.05, 4.69) is 5.32 Å². The predicted molar refractivity (Wildman–Crippen MR) is 125 cm³/mol. The minimum Gasteiger partial charge on any atom is -0.496 e. The van der Waals surface area contributed by atoms with Gasteiger partial charge in [-0.05, 0) is 55.7 Å². The number of morpholine rings is 1. The van der Waals surface area contributed by atoms with Gasteiger partial charge in [-0.3, -0.25) is 4.79 Å². The monoisotopic (exact) mass is 476 g/mol. The first-order valence-corrected chi connectivity index (χ1v) is 12.5. The number of nitrogens with one attached hydrogen (secondary N) is 1. The van der Waals surface area contributed by atoms with Crippen LogP contribution in [-0.4, -0.2) is 64.7 Å². The molecule has 1 heterocycles. The van der Waals surface area contributed by atoms with E-state index in [1.165, 1.54) is 17.5 Å². The first-order valence-electron chi connectivity index (χ1n) is 11.0. The van der Waals surface area contributed by atoms with Crippen LogP contribution in [0.1, 0.15) is 24.5 Å². The highest BCUT2D eigenvalue weighted by Gasteiger charge is 2.27. The fourth-order valence-electron chi connectivity index (χ4n) is 3.62. The number of para-hydroxylation sites is 1. The maximum Gasteiger partial charge on any atom is 0.243 e. The van der Waals surface area contributed by atoms with Crippen molar-refractivity contribution in [1.82, 2.24) is 9.62 Å². The number of rotatable bonds is 10. The number of ether oxygens (including phenoxy) is 3. The molecule has 0 radical (unpaired) electrons. The molecular weight excluding hydrogens is 444 g/mol. The Kier molecular flexibility index (Phi) is 8.71. The highest BCUT2D eigenvalue weighted by atomic mass is 32.2. The normalized spacial score (nSPS) is 15.6. The van der Waals surface area contributed by atoms with Gasteiger partial charge < -0.3 is 19.5 Å². The molecule has 3 rings (SSSR count). The number of amides is 1. The van der Waals surface area contributed by atoms with Crippen molar-refractivity contribution >= 4 is 15.9 Å². The van der Waals surface area contributed by atoms with Crippen LogP contribution in [0.15, 0.2) is 47.4 Å². The second-order valence-electron chi connectivity index (χ2n) is 8.04. The Bertz CT molecular complexity index is 1050. The van der Waals surface area contributed by atoms with Crippen LogP contribution in [-0.2, 0) is 26.0 Å². The van der Waals surface area contributed by atoms with Crippen LogP contribution in [0.5, 0.6) is 11.5 Å². The van der Waals surface area contributed by atoms with Crippen molar-refractivity contribution in [3.8, 4) is 11.5 Å². The number of sulfonamides is 1. The molecule has 9 heteroatoms. The van der Waals surface area contributed by atoms with Crippen LogP contribution in [0, 0.1) is 6.92 Å². The first-order chi connectivity index (χ1) is 15.8. The lowest BCUT2D eigenvalue weighted by molar-refractivity contribution is -0.121. The SMILES string of the molecule is COc1ccc(S(=O)(=O)N2CCOCC2)cc1CCC(=O)NC(C)COc1ccccc1C. The molecule has 1 aliphatic rings. The Labute approximate surface area is 195 Å². The number of carbonyl (C=O) groups is 1. The third-order valence-electron chi connectivity index (χ3n) is 5.47.